The van der Waals surface area contributed by atoms with Crippen LogP contribution in [0.15, 0.2) is 18.2 Å². The average Bonchev–Trinajstić information content (AvgIpc) is 2.91. The minimum atomic E-state index is -0.782. The van der Waals surface area contributed by atoms with Crippen molar-refractivity contribution in [2.45, 2.75) is 19.3 Å². The zero-order valence-electron chi connectivity index (χ0n) is 21.7. The van der Waals surface area contributed by atoms with E-state index in [1.54, 1.807) is 0 Å². The van der Waals surface area contributed by atoms with Gasteiger partial charge in [-0.3, -0.25) is 28.8 Å². The summed E-state index contributed by atoms with van der Waals surface area (Å²) in [6.45, 7) is -0.722. The molecule has 1 aromatic carbocycles. The lowest BCUT2D eigenvalue weighted by molar-refractivity contribution is -0.155. The van der Waals surface area contributed by atoms with Crippen molar-refractivity contribution in [1.29, 1.82) is 0 Å². The number of rotatable bonds is 18. The van der Waals surface area contributed by atoms with Crippen LogP contribution in [0.4, 0.5) is 0 Å². The summed E-state index contributed by atoms with van der Waals surface area (Å²) in [6, 6.07) is 4.45. The number of carbonyl (C=O) groups excluding carboxylic acids is 6. The standard InChI is InChI=1S/C24H30O15/c1-31-19(25)13-22(28)37-7-4-34-16-10-17(35-5-8-38-23(29)14-20(26)32-2)12-18(11-16)36-6-9-39-24(30)15-21(27)33-3/h10-12H,4-9,13-15H2,1-3H3. The Morgan fingerprint density at radius 1 is 0.436 bits per heavy atom. The third-order valence-electron chi connectivity index (χ3n) is 4.25. The van der Waals surface area contributed by atoms with Gasteiger partial charge >= 0.3 is 35.8 Å². The van der Waals surface area contributed by atoms with Crippen LogP contribution in [0.3, 0.4) is 0 Å². The van der Waals surface area contributed by atoms with Gasteiger partial charge in [-0.25, -0.2) is 0 Å². The average molecular weight is 558 g/mol. The van der Waals surface area contributed by atoms with Crippen LogP contribution in [-0.2, 0) is 57.2 Å². The summed E-state index contributed by atoms with van der Waals surface area (Å²) in [5, 5.41) is 0. The maximum atomic E-state index is 11.5. The van der Waals surface area contributed by atoms with Crippen molar-refractivity contribution >= 4 is 35.8 Å². The zero-order chi connectivity index (χ0) is 29.0. The van der Waals surface area contributed by atoms with Gasteiger partial charge in [0.1, 0.15) is 76.2 Å². The van der Waals surface area contributed by atoms with Gasteiger partial charge in [0.2, 0.25) is 0 Å². The summed E-state index contributed by atoms with van der Waals surface area (Å²) >= 11 is 0. The van der Waals surface area contributed by atoms with Crippen molar-refractivity contribution in [1.82, 2.24) is 0 Å². The Morgan fingerprint density at radius 2 is 0.692 bits per heavy atom. The molecule has 0 aromatic heterocycles. The van der Waals surface area contributed by atoms with Crippen LogP contribution < -0.4 is 14.2 Å². The van der Waals surface area contributed by atoms with E-state index < -0.39 is 55.1 Å². The molecule has 0 fully saturated rings. The summed E-state index contributed by atoms with van der Waals surface area (Å²) in [4.78, 5) is 67.9. The second-order valence-electron chi connectivity index (χ2n) is 7.11. The molecule has 39 heavy (non-hydrogen) atoms. The number of benzene rings is 1. The van der Waals surface area contributed by atoms with Crippen LogP contribution in [0.5, 0.6) is 17.2 Å². The highest BCUT2D eigenvalue weighted by Gasteiger charge is 2.13. The first-order valence-electron chi connectivity index (χ1n) is 11.4. The molecule has 0 unspecified atom stereocenters. The van der Waals surface area contributed by atoms with Gasteiger partial charge in [0.05, 0.1) is 21.3 Å². The molecule has 15 nitrogen and oxygen atoms in total. The van der Waals surface area contributed by atoms with Gasteiger partial charge in [0, 0.05) is 18.2 Å². The van der Waals surface area contributed by atoms with E-state index in [1.165, 1.54) is 18.2 Å². The molecule has 0 spiro atoms. The second kappa shape index (κ2) is 18.6. The Labute approximate surface area is 223 Å². The first-order valence-corrected chi connectivity index (χ1v) is 11.4. The Hall–Kier alpha value is -4.56. The molecule has 0 bridgehead atoms. The Bertz CT molecular complexity index is 852. The van der Waals surface area contributed by atoms with Crippen molar-refractivity contribution in [3.8, 4) is 17.2 Å². The summed E-state index contributed by atoms with van der Waals surface area (Å²) in [5.74, 6) is -3.82. The van der Waals surface area contributed by atoms with Gasteiger partial charge in [-0.05, 0) is 0 Å². The van der Waals surface area contributed by atoms with E-state index in [0.29, 0.717) is 0 Å². The van der Waals surface area contributed by atoms with Gasteiger partial charge in [-0.15, -0.1) is 0 Å². The molecule has 0 aliphatic heterocycles. The lowest BCUT2D eigenvalue weighted by Gasteiger charge is -2.14. The topological polar surface area (TPSA) is 185 Å². The second-order valence-corrected chi connectivity index (χ2v) is 7.11. The van der Waals surface area contributed by atoms with E-state index in [-0.39, 0.29) is 56.9 Å². The van der Waals surface area contributed by atoms with E-state index in [1.807, 2.05) is 0 Å². The van der Waals surface area contributed by atoms with E-state index in [4.69, 9.17) is 28.4 Å². The summed E-state index contributed by atoms with van der Waals surface area (Å²) in [5.41, 5.74) is 0. The van der Waals surface area contributed by atoms with Crippen molar-refractivity contribution in [3.63, 3.8) is 0 Å². The van der Waals surface area contributed by atoms with E-state index in [9.17, 15) is 28.8 Å². The Morgan fingerprint density at radius 3 is 0.923 bits per heavy atom. The molecule has 1 aromatic rings. The van der Waals surface area contributed by atoms with Gasteiger partial charge in [-0.1, -0.05) is 0 Å². The Balaban J connectivity index is 2.66. The van der Waals surface area contributed by atoms with Crippen LogP contribution in [0, 0.1) is 0 Å². The van der Waals surface area contributed by atoms with Crippen LogP contribution in [0.2, 0.25) is 0 Å². The third-order valence-corrected chi connectivity index (χ3v) is 4.25. The molecular formula is C24H30O15. The number of hydrogen-bond donors (Lipinski definition) is 0. The summed E-state index contributed by atoms with van der Waals surface area (Å²) < 4.78 is 44.4. The molecule has 0 saturated heterocycles. The third kappa shape index (κ3) is 15.3. The molecule has 216 valence electrons. The molecule has 0 N–H and O–H groups in total. The molecule has 15 heteroatoms. The number of hydrogen-bond acceptors (Lipinski definition) is 15. The first-order chi connectivity index (χ1) is 18.7. The predicted molar refractivity (Wildman–Crippen MR) is 126 cm³/mol. The van der Waals surface area contributed by atoms with Gasteiger partial charge in [-0.2, -0.15) is 0 Å². The van der Waals surface area contributed by atoms with Crippen LogP contribution in [0.1, 0.15) is 19.3 Å². The fourth-order valence-corrected chi connectivity index (χ4v) is 2.46. The van der Waals surface area contributed by atoms with Crippen LogP contribution in [-0.4, -0.2) is 96.8 Å². The van der Waals surface area contributed by atoms with E-state index in [0.717, 1.165) is 21.3 Å². The molecule has 0 saturated carbocycles. The van der Waals surface area contributed by atoms with Crippen molar-refractivity contribution in [3.05, 3.63) is 18.2 Å². The van der Waals surface area contributed by atoms with Crippen LogP contribution >= 0.6 is 0 Å². The minimum absolute atomic E-state index is 0.0773. The maximum absolute atomic E-state index is 11.5. The number of carbonyl (C=O) groups is 6. The fraction of sp³-hybridized carbons (Fsp3) is 0.500. The summed E-state index contributed by atoms with van der Waals surface area (Å²) in [7, 11) is 3.43. The SMILES string of the molecule is COC(=O)CC(=O)OCCOc1cc(OCCOC(=O)CC(=O)OC)cc(OCCOC(=O)CC(=O)OC)c1. The smallest absolute Gasteiger partial charge is 0.317 e. The normalized spacial score (nSPS) is 9.92. The molecular weight excluding hydrogens is 528 g/mol. The highest BCUT2D eigenvalue weighted by atomic mass is 16.6. The molecule has 0 radical (unpaired) electrons. The quantitative estimate of drug-likeness (QED) is 0.102. The van der Waals surface area contributed by atoms with Gasteiger partial charge in [0.25, 0.3) is 0 Å². The molecule has 0 atom stereocenters. The van der Waals surface area contributed by atoms with E-state index in [2.05, 4.69) is 14.2 Å². The van der Waals surface area contributed by atoms with Crippen molar-refractivity contribution in [2.24, 2.45) is 0 Å². The first kappa shape index (κ1) is 32.5. The molecule has 0 amide bonds. The molecule has 0 heterocycles. The molecule has 0 aliphatic rings. The Kier molecular flexibility index (Phi) is 15.5. The highest BCUT2D eigenvalue weighted by molar-refractivity contribution is 5.92. The number of methoxy groups -OCH3 is 3. The van der Waals surface area contributed by atoms with Gasteiger partial charge in [0.15, 0.2) is 0 Å². The van der Waals surface area contributed by atoms with Crippen molar-refractivity contribution < 1.29 is 71.4 Å². The monoisotopic (exact) mass is 558 g/mol. The summed E-state index contributed by atoms with van der Waals surface area (Å²) in [6.07, 6.45) is -1.61. The largest absolute Gasteiger partial charge is 0.490 e. The van der Waals surface area contributed by atoms with E-state index >= 15 is 0 Å². The number of ether oxygens (including phenoxy) is 9. The van der Waals surface area contributed by atoms with Crippen LogP contribution in [0.25, 0.3) is 0 Å². The molecule has 0 aliphatic carbocycles. The lowest BCUT2D eigenvalue weighted by atomic mass is 10.3. The lowest BCUT2D eigenvalue weighted by Crippen LogP contribution is -2.17. The highest BCUT2D eigenvalue weighted by Crippen LogP contribution is 2.28. The predicted octanol–water partition coefficient (Wildman–Crippen LogP) is 0.142. The fourth-order valence-electron chi connectivity index (χ4n) is 2.46. The van der Waals surface area contributed by atoms with Crippen molar-refractivity contribution in [2.75, 3.05) is 61.0 Å². The molecule has 1 rings (SSSR count). The zero-order valence-corrected chi connectivity index (χ0v) is 21.7. The maximum Gasteiger partial charge on any atom is 0.317 e. The van der Waals surface area contributed by atoms with Gasteiger partial charge < -0.3 is 42.6 Å². The number of esters is 6. The minimum Gasteiger partial charge on any atom is -0.490 e.